The zero-order valence-electron chi connectivity index (χ0n) is 11.1. The Labute approximate surface area is 125 Å². The van der Waals surface area contributed by atoms with Gasteiger partial charge in [-0.15, -0.1) is 0 Å². The van der Waals surface area contributed by atoms with E-state index in [0.717, 1.165) is 24.3 Å². The van der Waals surface area contributed by atoms with Crippen LogP contribution in [0.2, 0.25) is 0 Å². The lowest BCUT2D eigenvalue weighted by Gasteiger charge is -2.20. The molecule has 22 heavy (non-hydrogen) atoms. The third-order valence-corrected chi connectivity index (χ3v) is 4.55. The number of nitrogens with two attached hydrogens (primary N) is 1. The number of carboxylic acids is 1. The van der Waals surface area contributed by atoms with E-state index in [0.29, 0.717) is 0 Å². The molecule has 10 nitrogen and oxygen atoms in total. The lowest BCUT2D eigenvalue weighted by molar-refractivity contribution is -0.384. The van der Waals surface area contributed by atoms with Gasteiger partial charge in [0.15, 0.2) is 0 Å². The average Bonchev–Trinajstić information content (AvgIpc) is 2.43. The first kappa shape index (κ1) is 17.5. The van der Waals surface area contributed by atoms with Crippen LogP contribution in [0.5, 0.6) is 0 Å². The number of carbonyl (C=O) groups excluding carboxylic acids is 1. The van der Waals surface area contributed by atoms with E-state index in [2.05, 4.69) is 4.72 Å². The second-order valence-corrected chi connectivity index (χ2v) is 6.16. The Morgan fingerprint density at radius 2 is 1.95 bits per heavy atom. The van der Waals surface area contributed by atoms with Crippen LogP contribution in [0, 0.1) is 10.1 Å². The van der Waals surface area contributed by atoms with Crippen LogP contribution >= 0.6 is 0 Å². The summed E-state index contributed by atoms with van der Waals surface area (Å²) in [6, 6.07) is 2.63. The minimum atomic E-state index is -4.27. The highest BCUT2D eigenvalue weighted by atomic mass is 32.2. The summed E-state index contributed by atoms with van der Waals surface area (Å²) in [5.41, 5.74) is 5.03. The monoisotopic (exact) mass is 331 g/mol. The molecule has 0 spiro atoms. The van der Waals surface area contributed by atoms with E-state index in [4.69, 9.17) is 10.8 Å². The largest absolute Gasteiger partial charge is 0.480 e. The predicted octanol–water partition coefficient (Wildman–Crippen LogP) is -0.294. The zero-order chi connectivity index (χ0) is 16.9. The lowest BCUT2D eigenvalue weighted by Crippen LogP contribution is -2.48. The van der Waals surface area contributed by atoms with Gasteiger partial charge in [-0.2, -0.15) is 0 Å². The number of non-ortho nitro benzene ring substituents is 1. The average molecular weight is 331 g/mol. The first-order chi connectivity index (χ1) is 10.2. The maximum atomic E-state index is 12.1. The second-order valence-electron chi connectivity index (χ2n) is 4.26. The predicted molar refractivity (Wildman–Crippen MR) is 75.7 cm³/mol. The number of rotatable bonds is 8. The smallest absolute Gasteiger partial charge is 0.321 e. The third kappa shape index (κ3) is 4.23. The van der Waals surface area contributed by atoms with Crippen molar-refractivity contribution in [2.45, 2.75) is 17.7 Å². The van der Waals surface area contributed by atoms with E-state index in [1.165, 1.54) is 0 Å². The summed E-state index contributed by atoms with van der Waals surface area (Å²) in [6.45, 7) is 0. The first-order valence-corrected chi connectivity index (χ1v) is 7.41. The summed E-state index contributed by atoms with van der Waals surface area (Å²) >= 11 is 0. The summed E-state index contributed by atoms with van der Waals surface area (Å²) in [7, 11) is -4.27. The molecule has 1 unspecified atom stereocenters. The van der Waals surface area contributed by atoms with Crippen molar-refractivity contribution in [1.82, 2.24) is 0 Å². The van der Waals surface area contributed by atoms with Crippen LogP contribution in [0.1, 0.15) is 6.42 Å². The number of nitro benzene ring substituents is 1. The summed E-state index contributed by atoms with van der Waals surface area (Å²) < 4.78 is 26.3. The number of aldehydes is 1. The summed E-state index contributed by atoms with van der Waals surface area (Å²) in [5.74, 6) is -1.57. The molecule has 0 amide bonds. The molecular formula is C11H13N3O7S. The number of hydrogen-bond acceptors (Lipinski definition) is 7. The molecule has 2 atom stereocenters. The van der Waals surface area contributed by atoms with Crippen molar-refractivity contribution >= 4 is 33.7 Å². The molecule has 0 radical (unpaired) electrons. The van der Waals surface area contributed by atoms with Crippen molar-refractivity contribution in [3.05, 3.63) is 34.4 Å². The van der Waals surface area contributed by atoms with Gasteiger partial charge in [0.2, 0.25) is 10.0 Å². The SMILES string of the molecule is N[C@H](C(=O)O)C(CC=O)S(=O)(=O)Nc1ccc([N+](=O)[O-])cc1. The number of aliphatic carboxylic acids is 1. The molecule has 120 valence electrons. The van der Waals surface area contributed by atoms with Crippen molar-refractivity contribution in [2.24, 2.45) is 5.73 Å². The summed E-state index contributed by atoms with van der Waals surface area (Å²) in [6.07, 6.45) is -0.349. The third-order valence-electron chi connectivity index (χ3n) is 2.75. The molecule has 1 aromatic rings. The summed E-state index contributed by atoms with van der Waals surface area (Å²) in [4.78, 5) is 31.2. The normalized spacial score (nSPS) is 13.9. The van der Waals surface area contributed by atoms with Crippen LogP contribution in [0.4, 0.5) is 11.4 Å². The Morgan fingerprint density at radius 1 is 1.41 bits per heavy atom. The molecular weight excluding hydrogens is 318 g/mol. The second kappa shape index (κ2) is 6.95. The van der Waals surface area contributed by atoms with E-state index < -0.39 is 38.6 Å². The molecule has 0 aliphatic rings. The zero-order valence-corrected chi connectivity index (χ0v) is 11.9. The Hall–Kier alpha value is -2.53. The van der Waals surface area contributed by atoms with E-state index in [1.54, 1.807) is 0 Å². The molecule has 1 rings (SSSR count). The Bertz CT molecular complexity index is 671. The number of hydrogen-bond donors (Lipinski definition) is 3. The first-order valence-electron chi connectivity index (χ1n) is 5.87. The van der Waals surface area contributed by atoms with Crippen molar-refractivity contribution in [3.63, 3.8) is 0 Å². The fourth-order valence-electron chi connectivity index (χ4n) is 1.61. The number of nitrogens with one attached hydrogen (secondary N) is 1. The van der Waals surface area contributed by atoms with Crippen molar-refractivity contribution in [1.29, 1.82) is 0 Å². The number of anilines is 1. The van der Waals surface area contributed by atoms with Crippen LogP contribution in [-0.2, 0) is 19.6 Å². The van der Waals surface area contributed by atoms with Crippen LogP contribution in [0.15, 0.2) is 24.3 Å². The molecule has 0 heterocycles. The van der Waals surface area contributed by atoms with Gasteiger partial charge in [0, 0.05) is 24.2 Å². The fourth-order valence-corrected chi connectivity index (χ4v) is 3.06. The van der Waals surface area contributed by atoms with Gasteiger partial charge in [-0.05, 0) is 12.1 Å². The number of carboxylic acid groups (broad SMARTS) is 1. The molecule has 0 aromatic heterocycles. The standard InChI is InChI=1S/C11H13N3O7S/c12-10(11(16)17)9(5-6-15)22(20,21)13-7-1-3-8(4-2-7)14(18)19/h1-4,6,9-10,13H,5,12H2,(H,16,17)/t9?,10-/m0/s1. The van der Waals surface area contributed by atoms with Crippen LogP contribution < -0.4 is 10.5 Å². The Morgan fingerprint density at radius 3 is 2.36 bits per heavy atom. The molecule has 0 saturated carbocycles. The topological polar surface area (TPSA) is 170 Å². The van der Waals surface area contributed by atoms with Gasteiger partial charge in [0.1, 0.15) is 17.6 Å². The van der Waals surface area contributed by atoms with E-state index in [9.17, 15) is 28.1 Å². The minimum absolute atomic E-state index is 0.0147. The van der Waals surface area contributed by atoms with Gasteiger partial charge < -0.3 is 15.6 Å². The molecule has 4 N–H and O–H groups in total. The van der Waals surface area contributed by atoms with E-state index in [-0.39, 0.29) is 17.7 Å². The number of nitrogens with zero attached hydrogens (tertiary/aromatic N) is 1. The number of nitro groups is 1. The van der Waals surface area contributed by atoms with E-state index in [1.807, 2.05) is 0 Å². The summed E-state index contributed by atoms with van der Waals surface area (Å²) in [5, 5.41) is 17.6. The molecule has 0 fully saturated rings. The highest BCUT2D eigenvalue weighted by Crippen LogP contribution is 2.19. The van der Waals surface area contributed by atoms with Crippen LogP contribution in [-0.4, -0.2) is 42.0 Å². The van der Waals surface area contributed by atoms with Gasteiger partial charge in [0.25, 0.3) is 5.69 Å². The van der Waals surface area contributed by atoms with Gasteiger partial charge in [-0.3, -0.25) is 19.6 Å². The molecule has 0 bridgehead atoms. The number of sulfonamides is 1. The van der Waals surface area contributed by atoms with Gasteiger partial charge in [-0.25, -0.2) is 8.42 Å². The fraction of sp³-hybridized carbons (Fsp3) is 0.273. The Kier molecular flexibility index (Phi) is 5.54. The van der Waals surface area contributed by atoms with Gasteiger partial charge in [0.05, 0.1) is 4.92 Å². The number of carbonyl (C=O) groups is 2. The van der Waals surface area contributed by atoms with Crippen LogP contribution in [0.25, 0.3) is 0 Å². The number of benzene rings is 1. The molecule has 11 heteroatoms. The highest BCUT2D eigenvalue weighted by Gasteiger charge is 2.35. The van der Waals surface area contributed by atoms with Crippen LogP contribution in [0.3, 0.4) is 0 Å². The van der Waals surface area contributed by atoms with Crippen molar-refractivity contribution in [2.75, 3.05) is 4.72 Å². The maximum Gasteiger partial charge on any atom is 0.321 e. The molecule has 0 aliphatic heterocycles. The molecule has 0 aliphatic carbocycles. The lowest BCUT2D eigenvalue weighted by atomic mass is 10.2. The van der Waals surface area contributed by atoms with E-state index >= 15 is 0 Å². The van der Waals surface area contributed by atoms with Crippen molar-refractivity contribution in [3.8, 4) is 0 Å². The minimum Gasteiger partial charge on any atom is -0.480 e. The van der Waals surface area contributed by atoms with Gasteiger partial charge in [-0.1, -0.05) is 0 Å². The maximum absolute atomic E-state index is 12.1. The molecule has 1 aromatic carbocycles. The highest BCUT2D eigenvalue weighted by molar-refractivity contribution is 7.93. The Balaban J connectivity index is 3.03. The van der Waals surface area contributed by atoms with Gasteiger partial charge >= 0.3 is 5.97 Å². The quantitative estimate of drug-likeness (QED) is 0.331. The molecule has 0 saturated heterocycles. The van der Waals surface area contributed by atoms with Crippen molar-refractivity contribution < 1.29 is 28.0 Å².